The first-order chi connectivity index (χ1) is 7.88. The zero-order valence-electron chi connectivity index (χ0n) is 8.74. The Morgan fingerprint density at radius 2 is 2.12 bits per heavy atom. The molecule has 0 aliphatic heterocycles. The Balaban J connectivity index is 1.92. The molecular weight excluding hydrogens is 204 g/mol. The monoisotopic (exact) mass is 216 g/mol. The first kappa shape index (κ1) is 10.4. The van der Waals surface area contributed by atoms with E-state index in [1.807, 2.05) is 30.3 Å². The number of aromatic nitrogens is 2. The van der Waals surface area contributed by atoms with Crippen LogP contribution in [0.1, 0.15) is 5.56 Å². The van der Waals surface area contributed by atoms with Gasteiger partial charge in [0.1, 0.15) is 12.9 Å². The lowest BCUT2D eigenvalue weighted by Gasteiger charge is -2.02. The minimum atomic E-state index is 0.259. The molecule has 16 heavy (non-hydrogen) atoms. The topological polar surface area (TPSA) is 44.1 Å². The molecule has 0 bridgehead atoms. The summed E-state index contributed by atoms with van der Waals surface area (Å²) in [5.41, 5.74) is 1.10. The fourth-order valence-corrected chi connectivity index (χ4v) is 1.34. The van der Waals surface area contributed by atoms with E-state index in [4.69, 9.17) is 4.74 Å². The van der Waals surface area contributed by atoms with E-state index in [-0.39, 0.29) is 6.54 Å². The molecule has 2 aromatic rings. The molecule has 82 valence electrons. The number of nitrogens with zero attached hydrogens (tertiary/aromatic N) is 2. The number of rotatable bonds is 5. The summed E-state index contributed by atoms with van der Waals surface area (Å²) in [7, 11) is 0. The van der Waals surface area contributed by atoms with Crippen LogP contribution in [0.4, 0.5) is 0 Å². The Morgan fingerprint density at radius 3 is 2.88 bits per heavy atom. The zero-order valence-corrected chi connectivity index (χ0v) is 8.74. The van der Waals surface area contributed by atoms with Crippen molar-refractivity contribution in [1.29, 1.82) is 0 Å². The van der Waals surface area contributed by atoms with Gasteiger partial charge in [-0.15, -0.1) is 0 Å². The van der Waals surface area contributed by atoms with E-state index in [9.17, 15) is 4.79 Å². The Hall–Kier alpha value is -2.10. The van der Waals surface area contributed by atoms with Crippen LogP contribution in [0.3, 0.4) is 0 Å². The van der Waals surface area contributed by atoms with Crippen molar-refractivity contribution in [3.63, 3.8) is 0 Å². The second kappa shape index (κ2) is 5.11. The van der Waals surface area contributed by atoms with Gasteiger partial charge in [-0.3, -0.25) is 4.68 Å². The van der Waals surface area contributed by atoms with E-state index in [1.54, 1.807) is 12.4 Å². The van der Waals surface area contributed by atoms with Crippen molar-refractivity contribution in [3.05, 3.63) is 48.3 Å². The fourth-order valence-electron chi connectivity index (χ4n) is 1.34. The van der Waals surface area contributed by atoms with Gasteiger partial charge < -0.3 is 9.53 Å². The summed E-state index contributed by atoms with van der Waals surface area (Å²) in [5, 5.41) is 3.98. The van der Waals surface area contributed by atoms with Gasteiger partial charge in [-0.05, 0) is 5.56 Å². The van der Waals surface area contributed by atoms with Gasteiger partial charge >= 0.3 is 0 Å². The maximum atomic E-state index is 10.3. The maximum Gasteiger partial charge on any atom is 0.157 e. The number of aldehydes is 1. The van der Waals surface area contributed by atoms with Gasteiger partial charge in [0.2, 0.25) is 0 Å². The van der Waals surface area contributed by atoms with E-state index in [2.05, 4.69) is 5.10 Å². The predicted octanol–water partition coefficient (Wildman–Crippen LogP) is 1.66. The minimum Gasteiger partial charge on any atom is -0.486 e. The molecule has 2 rings (SSSR count). The molecule has 0 radical (unpaired) electrons. The van der Waals surface area contributed by atoms with Crippen molar-refractivity contribution in [2.45, 2.75) is 13.2 Å². The molecule has 4 nitrogen and oxygen atoms in total. The summed E-state index contributed by atoms with van der Waals surface area (Å²) >= 11 is 0. The van der Waals surface area contributed by atoms with E-state index in [0.717, 1.165) is 11.8 Å². The number of benzene rings is 1. The molecule has 4 heteroatoms. The number of hydrogen-bond acceptors (Lipinski definition) is 3. The van der Waals surface area contributed by atoms with Crippen molar-refractivity contribution >= 4 is 6.29 Å². The molecule has 0 saturated carbocycles. The predicted molar refractivity (Wildman–Crippen MR) is 59.1 cm³/mol. The van der Waals surface area contributed by atoms with Gasteiger partial charge in [-0.2, -0.15) is 5.10 Å². The fraction of sp³-hybridized carbons (Fsp3) is 0.167. The molecular formula is C12H12N2O2. The summed E-state index contributed by atoms with van der Waals surface area (Å²) in [4.78, 5) is 10.3. The van der Waals surface area contributed by atoms with Gasteiger partial charge in [-0.1, -0.05) is 30.3 Å². The third-order valence-electron chi connectivity index (χ3n) is 2.12. The normalized spacial score (nSPS) is 10.0. The van der Waals surface area contributed by atoms with Crippen molar-refractivity contribution in [2.24, 2.45) is 0 Å². The number of carbonyl (C=O) groups excluding carboxylic acids is 1. The van der Waals surface area contributed by atoms with E-state index >= 15 is 0 Å². The summed E-state index contributed by atoms with van der Waals surface area (Å²) in [6, 6.07) is 9.89. The average molecular weight is 216 g/mol. The summed E-state index contributed by atoms with van der Waals surface area (Å²) in [6.07, 6.45) is 4.11. The number of ether oxygens (including phenoxy) is 1. The largest absolute Gasteiger partial charge is 0.486 e. The highest BCUT2D eigenvalue weighted by Crippen LogP contribution is 2.10. The van der Waals surface area contributed by atoms with E-state index in [0.29, 0.717) is 12.4 Å². The van der Waals surface area contributed by atoms with Crippen LogP contribution in [-0.2, 0) is 17.9 Å². The van der Waals surface area contributed by atoms with Crippen LogP contribution in [0.25, 0.3) is 0 Å². The highest BCUT2D eigenvalue weighted by molar-refractivity contribution is 5.48. The van der Waals surface area contributed by atoms with Gasteiger partial charge in [-0.25, -0.2) is 0 Å². The third kappa shape index (κ3) is 2.70. The quantitative estimate of drug-likeness (QED) is 0.714. The molecule has 1 aromatic carbocycles. The number of hydrogen-bond donors (Lipinski definition) is 0. The van der Waals surface area contributed by atoms with Crippen molar-refractivity contribution in [3.8, 4) is 5.75 Å². The molecule has 0 saturated heterocycles. The van der Waals surface area contributed by atoms with Crippen molar-refractivity contribution in [2.75, 3.05) is 0 Å². The lowest BCUT2D eigenvalue weighted by molar-refractivity contribution is -0.108. The van der Waals surface area contributed by atoms with Crippen LogP contribution in [0.5, 0.6) is 5.75 Å². The van der Waals surface area contributed by atoms with Gasteiger partial charge in [0.05, 0.1) is 18.9 Å². The summed E-state index contributed by atoms with van der Waals surface area (Å²) in [5.74, 6) is 0.672. The molecule has 1 heterocycles. The number of carbonyl (C=O) groups is 1. The molecule has 0 fully saturated rings. The first-order valence-corrected chi connectivity index (χ1v) is 5.01. The van der Waals surface area contributed by atoms with Crippen molar-refractivity contribution in [1.82, 2.24) is 9.78 Å². The SMILES string of the molecule is O=CCn1cc(OCc2ccccc2)cn1. The van der Waals surface area contributed by atoms with Crippen LogP contribution in [0.2, 0.25) is 0 Å². The van der Waals surface area contributed by atoms with E-state index in [1.165, 1.54) is 4.68 Å². The highest BCUT2D eigenvalue weighted by atomic mass is 16.5. The van der Waals surface area contributed by atoms with Crippen LogP contribution < -0.4 is 4.74 Å². The smallest absolute Gasteiger partial charge is 0.157 e. The Labute approximate surface area is 93.5 Å². The molecule has 0 spiro atoms. The summed E-state index contributed by atoms with van der Waals surface area (Å²) in [6.45, 7) is 0.766. The second-order valence-electron chi connectivity index (χ2n) is 3.34. The Kier molecular flexibility index (Phi) is 3.33. The lowest BCUT2D eigenvalue weighted by atomic mass is 10.2. The van der Waals surface area contributed by atoms with Crippen LogP contribution in [-0.4, -0.2) is 16.1 Å². The third-order valence-corrected chi connectivity index (χ3v) is 2.12. The minimum absolute atomic E-state index is 0.259. The lowest BCUT2D eigenvalue weighted by Crippen LogP contribution is -1.98. The second-order valence-corrected chi connectivity index (χ2v) is 3.34. The van der Waals surface area contributed by atoms with Crippen LogP contribution in [0.15, 0.2) is 42.7 Å². The van der Waals surface area contributed by atoms with Crippen molar-refractivity contribution < 1.29 is 9.53 Å². The van der Waals surface area contributed by atoms with Gasteiger partial charge in [0.25, 0.3) is 0 Å². The Morgan fingerprint density at radius 1 is 1.31 bits per heavy atom. The maximum absolute atomic E-state index is 10.3. The first-order valence-electron chi connectivity index (χ1n) is 5.01. The van der Waals surface area contributed by atoms with E-state index < -0.39 is 0 Å². The molecule has 0 N–H and O–H groups in total. The highest BCUT2D eigenvalue weighted by Gasteiger charge is 1.99. The molecule has 1 aromatic heterocycles. The molecule has 0 unspecified atom stereocenters. The van der Waals surface area contributed by atoms with Crippen LogP contribution in [0, 0.1) is 0 Å². The van der Waals surface area contributed by atoms with Gasteiger partial charge in [0, 0.05) is 0 Å². The Bertz CT molecular complexity index is 451. The van der Waals surface area contributed by atoms with Gasteiger partial charge in [0.15, 0.2) is 5.75 Å². The molecule has 0 amide bonds. The summed E-state index contributed by atoms with van der Waals surface area (Å²) < 4.78 is 7.05. The molecule has 0 aliphatic carbocycles. The molecule has 0 atom stereocenters. The standard InChI is InChI=1S/C12H12N2O2/c15-7-6-14-9-12(8-13-14)16-10-11-4-2-1-3-5-11/h1-5,7-9H,6,10H2. The molecule has 0 aliphatic rings. The zero-order chi connectivity index (χ0) is 11.2. The van der Waals surface area contributed by atoms with Crippen LogP contribution >= 0.6 is 0 Å². The average Bonchev–Trinajstić information content (AvgIpc) is 2.76.